The van der Waals surface area contributed by atoms with Crippen molar-refractivity contribution in [3.8, 4) is 0 Å². The minimum atomic E-state index is -0.288. The molecular formula is C14H20O4. The van der Waals surface area contributed by atoms with Crippen molar-refractivity contribution in [1.29, 1.82) is 0 Å². The molecule has 4 nitrogen and oxygen atoms in total. The van der Waals surface area contributed by atoms with Crippen LogP contribution in [-0.4, -0.2) is 18.0 Å². The molecule has 0 aromatic heterocycles. The molecule has 18 heavy (non-hydrogen) atoms. The molecule has 0 aromatic carbocycles. The number of carbonyl (C=O) groups is 2. The molecule has 1 unspecified atom stereocenters. The zero-order valence-corrected chi connectivity index (χ0v) is 11.0. The van der Waals surface area contributed by atoms with Gasteiger partial charge in [0, 0.05) is 25.8 Å². The van der Waals surface area contributed by atoms with E-state index in [1.54, 1.807) is 0 Å². The fourth-order valence-corrected chi connectivity index (χ4v) is 3.08. The molecule has 0 heterocycles. The van der Waals surface area contributed by atoms with Crippen LogP contribution in [0.5, 0.6) is 0 Å². The fourth-order valence-electron chi connectivity index (χ4n) is 3.08. The van der Waals surface area contributed by atoms with Crippen LogP contribution in [0.25, 0.3) is 0 Å². The first kappa shape index (κ1) is 13.1. The van der Waals surface area contributed by atoms with Crippen LogP contribution in [-0.2, 0) is 19.1 Å². The maximum Gasteiger partial charge on any atom is 0.307 e. The number of rotatable bonds is 3. The third kappa shape index (κ3) is 2.92. The lowest BCUT2D eigenvalue weighted by atomic mass is 9.94. The molecule has 2 aliphatic carbocycles. The molecule has 2 aliphatic rings. The molecule has 0 aliphatic heterocycles. The summed E-state index contributed by atoms with van der Waals surface area (Å²) in [6.07, 6.45) is 5.88. The second-order valence-electron chi connectivity index (χ2n) is 5.09. The molecule has 100 valence electrons. The maximum atomic E-state index is 11.1. The van der Waals surface area contributed by atoms with E-state index in [0.717, 1.165) is 30.6 Å². The molecular weight excluding hydrogens is 232 g/mol. The number of allylic oxidation sites excluding steroid dienone is 1. The van der Waals surface area contributed by atoms with Gasteiger partial charge >= 0.3 is 11.9 Å². The molecule has 1 fully saturated rings. The second kappa shape index (κ2) is 5.55. The standard InChI is InChI=1S/C14H20O4/c1-9(15)17-12-7-8-13(18-10(2)16)14(12)11-5-3-4-6-11/h11-12H,3-8H2,1-2H3. The van der Waals surface area contributed by atoms with Gasteiger partial charge < -0.3 is 9.47 Å². The first-order valence-electron chi connectivity index (χ1n) is 6.66. The second-order valence-corrected chi connectivity index (χ2v) is 5.09. The van der Waals surface area contributed by atoms with Crippen LogP contribution in [0.4, 0.5) is 0 Å². The van der Waals surface area contributed by atoms with Crippen LogP contribution < -0.4 is 0 Å². The predicted octanol–water partition coefficient (Wildman–Crippen LogP) is 2.72. The highest BCUT2D eigenvalue weighted by atomic mass is 16.6. The third-order valence-electron chi connectivity index (χ3n) is 3.67. The van der Waals surface area contributed by atoms with Crippen LogP contribution in [0.2, 0.25) is 0 Å². The molecule has 0 saturated heterocycles. The van der Waals surface area contributed by atoms with Crippen molar-refractivity contribution in [2.45, 2.75) is 58.5 Å². The Balaban J connectivity index is 2.19. The topological polar surface area (TPSA) is 52.6 Å². The average molecular weight is 252 g/mol. The summed E-state index contributed by atoms with van der Waals surface area (Å²) in [7, 11) is 0. The summed E-state index contributed by atoms with van der Waals surface area (Å²) in [5.74, 6) is 0.621. The van der Waals surface area contributed by atoms with Crippen molar-refractivity contribution in [2.24, 2.45) is 5.92 Å². The fraction of sp³-hybridized carbons (Fsp3) is 0.714. The number of hydrogen-bond acceptors (Lipinski definition) is 4. The van der Waals surface area contributed by atoms with E-state index in [9.17, 15) is 9.59 Å². The largest absolute Gasteiger partial charge is 0.458 e. The lowest BCUT2D eigenvalue weighted by molar-refractivity contribution is -0.144. The highest BCUT2D eigenvalue weighted by Crippen LogP contribution is 2.41. The van der Waals surface area contributed by atoms with Crippen molar-refractivity contribution in [3.63, 3.8) is 0 Å². The molecule has 1 atom stereocenters. The minimum absolute atomic E-state index is 0.181. The molecule has 0 bridgehead atoms. The summed E-state index contributed by atoms with van der Waals surface area (Å²) >= 11 is 0. The van der Waals surface area contributed by atoms with Gasteiger partial charge in [-0.2, -0.15) is 0 Å². The van der Waals surface area contributed by atoms with Crippen LogP contribution in [0, 0.1) is 5.92 Å². The van der Waals surface area contributed by atoms with Crippen molar-refractivity contribution in [3.05, 3.63) is 11.3 Å². The SMILES string of the molecule is CC(=O)OC1=C(C2CCCC2)C(OC(C)=O)CC1. The smallest absolute Gasteiger partial charge is 0.307 e. The Morgan fingerprint density at radius 3 is 2.28 bits per heavy atom. The molecule has 0 radical (unpaired) electrons. The lowest BCUT2D eigenvalue weighted by Gasteiger charge is -2.20. The van der Waals surface area contributed by atoms with Gasteiger partial charge in [-0.05, 0) is 25.2 Å². The van der Waals surface area contributed by atoms with E-state index >= 15 is 0 Å². The summed E-state index contributed by atoms with van der Waals surface area (Å²) in [5.41, 5.74) is 1.07. The molecule has 2 rings (SSSR count). The first-order valence-corrected chi connectivity index (χ1v) is 6.66. The van der Waals surface area contributed by atoms with Gasteiger partial charge in [0.1, 0.15) is 11.9 Å². The summed E-state index contributed by atoms with van der Waals surface area (Å²) in [6, 6.07) is 0. The number of esters is 2. The van der Waals surface area contributed by atoms with Crippen molar-refractivity contribution >= 4 is 11.9 Å². The highest BCUT2D eigenvalue weighted by molar-refractivity contribution is 5.68. The van der Waals surface area contributed by atoms with E-state index in [2.05, 4.69) is 0 Å². The van der Waals surface area contributed by atoms with E-state index in [4.69, 9.17) is 9.47 Å². The van der Waals surface area contributed by atoms with Gasteiger partial charge in [-0.25, -0.2) is 0 Å². The van der Waals surface area contributed by atoms with Crippen molar-refractivity contribution in [2.75, 3.05) is 0 Å². The molecule has 0 N–H and O–H groups in total. The lowest BCUT2D eigenvalue weighted by Crippen LogP contribution is -2.20. The maximum absolute atomic E-state index is 11.1. The quantitative estimate of drug-likeness (QED) is 0.725. The molecule has 1 saturated carbocycles. The third-order valence-corrected chi connectivity index (χ3v) is 3.67. The molecule has 0 aromatic rings. The van der Waals surface area contributed by atoms with Crippen LogP contribution in [0.1, 0.15) is 52.4 Å². The minimum Gasteiger partial charge on any atom is -0.458 e. The summed E-state index contributed by atoms with van der Waals surface area (Å²) in [6.45, 7) is 2.84. The first-order chi connectivity index (χ1) is 8.58. The van der Waals surface area contributed by atoms with Gasteiger partial charge in [0.05, 0.1) is 0 Å². The predicted molar refractivity (Wildman–Crippen MR) is 65.5 cm³/mol. The normalized spacial score (nSPS) is 24.4. The zero-order chi connectivity index (χ0) is 13.1. The Hall–Kier alpha value is -1.32. The Labute approximate surface area is 107 Å². The summed E-state index contributed by atoms with van der Waals surface area (Å²) in [4.78, 5) is 22.3. The molecule has 4 heteroatoms. The van der Waals surface area contributed by atoms with Crippen LogP contribution >= 0.6 is 0 Å². The van der Waals surface area contributed by atoms with Gasteiger partial charge in [0.25, 0.3) is 0 Å². The van der Waals surface area contributed by atoms with E-state index < -0.39 is 0 Å². The Morgan fingerprint density at radius 1 is 1.06 bits per heavy atom. The van der Waals surface area contributed by atoms with E-state index in [-0.39, 0.29) is 18.0 Å². The highest BCUT2D eigenvalue weighted by Gasteiger charge is 2.36. The van der Waals surface area contributed by atoms with Gasteiger partial charge in [-0.3, -0.25) is 9.59 Å². The van der Waals surface area contributed by atoms with Gasteiger partial charge in [-0.1, -0.05) is 12.8 Å². The molecule has 0 amide bonds. The van der Waals surface area contributed by atoms with Crippen molar-refractivity contribution < 1.29 is 19.1 Å². The van der Waals surface area contributed by atoms with E-state index in [1.807, 2.05) is 0 Å². The van der Waals surface area contributed by atoms with Crippen LogP contribution in [0.15, 0.2) is 11.3 Å². The summed E-state index contributed by atoms with van der Waals surface area (Å²) in [5, 5.41) is 0. The van der Waals surface area contributed by atoms with Gasteiger partial charge in [0.2, 0.25) is 0 Å². The zero-order valence-electron chi connectivity index (χ0n) is 11.0. The summed E-state index contributed by atoms with van der Waals surface area (Å²) < 4.78 is 10.7. The van der Waals surface area contributed by atoms with Gasteiger partial charge in [0.15, 0.2) is 0 Å². The number of carbonyl (C=O) groups excluding carboxylic acids is 2. The Morgan fingerprint density at radius 2 is 1.72 bits per heavy atom. The monoisotopic (exact) mass is 252 g/mol. The van der Waals surface area contributed by atoms with Crippen LogP contribution in [0.3, 0.4) is 0 Å². The number of hydrogen-bond donors (Lipinski definition) is 0. The Bertz CT molecular complexity index is 377. The molecule has 0 spiro atoms. The Kier molecular flexibility index (Phi) is 4.04. The number of ether oxygens (including phenoxy) is 2. The average Bonchev–Trinajstić information content (AvgIpc) is 2.86. The van der Waals surface area contributed by atoms with Gasteiger partial charge in [-0.15, -0.1) is 0 Å². The van der Waals surface area contributed by atoms with Crippen molar-refractivity contribution in [1.82, 2.24) is 0 Å². The van der Waals surface area contributed by atoms with E-state index in [1.165, 1.54) is 26.7 Å². The van der Waals surface area contributed by atoms with E-state index in [0.29, 0.717) is 12.3 Å².